The lowest BCUT2D eigenvalue weighted by molar-refractivity contribution is 0.197. The van der Waals surface area contributed by atoms with E-state index in [0.717, 1.165) is 80.0 Å². The molecule has 2 aliphatic heterocycles. The van der Waals surface area contributed by atoms with Gasteiger partial charge in [-0.2, -0.15) is 0 Å². The number of likely N-dealkylation sites (tertiary alicyclic amines) is 1. The number of aromatic nitrogens is 5. The van der Waals surface area contributed by atoms with Crippen LogP contribution < -0.4 is 4.90 Å². The van der Waals surface area contributed by atoms with Crippen molar-refractivity contribution in [2.24, 2.45) is 7.05 Å². The summed E-state index contributed by atoms with van der Waals surface area (Å²) in [5, 5.41) is 4.08. The summed E-state index contributed by atoms with van der Waals surface area (Å²) >= 11 is 0. The second-order valence-corrected chi connectivity index (χ2v) is 8.50. The molecule has 0 unspecified atom stereocenters. The molecule has 0 aromatic carbocycles. The zero-order valence-electron chi connectivity index (χ0n) is 17.8. The fraction of sp³-hybridized carbons (Fsp3) is 0.545. The molecule has 8 heteroatoms. The number of anilines is 1. The number of aryl methyl sites for hydroxylation is 2. The molecule has 3 aromatic rings. The van der Waals surface area contributed by atoms with Gasteiger partial charge in [0.05, 0.1) is 23.5 Å². The Kier molecular flexibility index (Phi) is 5.25. The predicted molar refractivity (Wildman–Crippen MR) is 114 cm³/mol. The maximum absolute atomic E-state index is 5.59. The normalized spacial score (nSPS) is 18.4. The minimum atomic E-state index is 0.396. The minimum Gasteiger partial charge on any atom is -0.356 e. The molecule has 0 N–H and O–H groups in total. The van der Waals surface area contributed by atoms with Gasteiger partial charge in [-0.1, -0.05) is 5.16 Å². The van der Waals surface area contributed by atoms with E-state index in [4.69, 9.17) is 9.51 Å². The molecule has 0 radical (unpaired) electrons. The highest BCUT2D eigenvalue weighted by molar-refractivity contribution is 5.61. The third-order valence-electron chi connectivity index (χ3n) is 6.35. The van der Waals surface area contributed by atoms with Crippen molar-refractivity contribution in [3.05, 3.63) is 41.9 Å². The van der Waals surface area contributed by atoms with Gasteiger partial charge >= 0.3 is 0 Å². The summed E-state index contributed by atoms with van der Waals surface area (Å²) in [5.41, 5.74) is 2.98. The average Bonchev–Trinajstić information content (AvgIpc) is 3.52. The van der Waals surface area contributed by atoms with E-state index in [1.54, 1.807) is 0 Å². The maximum Gasteiger partial charge on any atom is 0.225 e. The highest BCUT2D eigenvalue weighted by atomic mass is 16.5. The van der Waals surface area contributed by atoms with Crippen LogP contribution in [-0.2, 0) is 13.6 Å². The lowest BCUT2D eigenvalue weighted by atomic mass is 9.90. The van der Waals surface area contributed by atoms with Gasteiger partial charge in [0.15, 0.2) is 5.76 Å². The minimum absolute atomic E-state index is 0.396. The van der Waals surface area contributed by atoms with E-state index in [1.165, 1.54) is 12.8 Å². The van der Waals surface area contributed by atoms with Gasteiger partial charge in [-0.15, -0.1) is 0 Å². The molecule has 0 aliphatic carbocycles. The molecule has 0 saturated carbocycles. The molecule has 2 fully saturated rings. The Morgan fingerprint density at radius 1 is 1.10 bits per heavy atom. The standard InChI is InChI=1S/C22H29N7O/c1-16-13-19(30-26-16)18-14-24-22(29-8-3-4-9-29)25-21(18)17-5-10-28(11-6-17)15-20-23-7-12-27(20)2/h7,12-14,17H,3-6,8-11,15H2,1-2H3. The van der Waals surface area contributed by atoms with Gasteiger partial charge in [-0.05, 0) is 45.7 Å². The quantitative estimate of drug-likeness (QED) is 0.643. The van der Waals surface area contributed by atoms with E-state index < -0.39 is 0 Å². The Labute approximate surface area is 176 Å². The molecule has 2 aliphatic rings. The molecular formula is C22H29N7O. The molecule has 30 heavy (non-hydrogen) atoms. The molecule has 0 atom stereocenters. The van der Waals surface area contributed by atoms with Crippen LogP contribution in [0.3, 0.4) is 0 Å². The monoisotopic (exact) mass is 407 g/mol. The first-order valence-corrected chi connectivity index (χ1v) is 10.9. The summed E-state index contributed by atoms with van der Waals surface area (Å²) in [6.45, 7) is 7.00. The van der Waals surface area contributed by atoms with Crippen molar-refractivity contribution in [2.45, 2.75) is 45.1 Å². The number of nitrogens with zero attached hydrogens (tertiary/aromatic N) is 7. The summed E-state index contributed by atoms with van der Waals surface area (Å²) in [4.78, 5) is 19.0. The Balaban J connectivity index is 1.38. The first-order chi connectivity index (χ1) is 14.7. The topological polar surface area (TPSA) is 76.1 Å². The van der Waals surface area contributed by atoms with Gasteiger partial charge in [-0.3, -0.25) is 4.90 Å². The van der Waals surface area contributed by atoms with Crippen molar-refractivity contribution in [1.29, 1.82) is 0 Å². The zero-order chi connectivity index (χ0) is 20.5. The van der Waals surface area contributed by atoms with Crippen LogP contribution in [0.2, 0.25) is 0 Å². The van der Waals surface area contributed by atoms with E-state index in [9.17, 15) is 0 Å². The van der Waals surface area contributed by atoms with Crippen molar-refractivity contribution in [3.63, 3.8) is 0 Å². The van der Waals surface area contributed by atoms with Crippen LogP contribution in [0.1, 0.15) is 48.8 Å². The maximum atomic E-state index is 5.59. The fourth-order valence-corrected chi connectivity index (χ4v) is 4.56. The summed E-state index contributed by atoms with van der Waals surface area (Å²) in [6, 6.07) is 1.98. The summed E-state index contributed by atoms with van der Waals surface area (Å²) in [7, 11) is 2.06. The second kappa shape index (κ2) is 8.18. The molecule has 8 nitrogen and oxygen atoms in total. The van der Waals surface area contributed by atoms with Crippen LogP contribution in [0.4, 0.5) is 5.95 Å². The van der Waals surface area contributed by atoms with Crippen LogP contribution >= 0.6 is 0 Å². The smallest absolute Gasteiger partial charge is 0.225 e. The molecule has 0 bridgehead atoms. The molecule has 0 spiro atoms. The molecule has 5 rings (SSSR count). The predicted octanol–water partition coefficient (Wildman–Crippen LogP) is 3.15. The lowest BCUT2D eigenvalue weighted by Crippen LogP contribution is -2.34. The van der Waals surface area contributed by atoms with Gasteiger partial charge in [-0.25, -0.2) is 15.0 Å². The zero-order valence-corrected chi connectivity index (χ0v) is 17.8. The lowest BCUT2D eigenvalue weighted by Gasteiger charge is -2.32. The van der Waals surface area contributed by atoms with Gasteiger partial charge < -0.3 is 14.0 Å². The highest BCUT2D eigenvalue weighted by Crippen LogP contribution is 2.35. The van der Waals surface area contributed by atoms with Gasteiger partial charge in [0.2, 0.25) is 5.95 Å². The molecule has 2 saturated heterocycles. The Bertz CT molecular complexity index is 997. The van der Waals surface area contributed by atoms with Crippen LogP contribution in [-0.4, -0.2) is 55.8 Å². The van der Waals surface area contributed by atoms with E-state index in [2.05, 4.69) is 36.5 Å². The Morgan fingerprint density at radius 2 is 1.90 bits per heavy atom. The third kappa shape index (κ3) is 3.84. The van der Waals surface area contributed by atoms with E-state index in [1.807, 2.05) is 31.6 Å². The third-order valence-corrected chi connectivity index (χ3v) is 6.35. The molecule has 158 valence electrons. The van der Waals surface area contributed by atoms with E-state index in [-0.39, 0.29) is 0 Å². The highest BCUT2D eigenvalue weighted by Gasteiger charge is 2.28. The van der Waals surface area contributed by atoms with Crippen molar-refractivity contribution >= 4 is 5.95 Å². The molecular weight excluding hydrogens is 378 g/mol. The SMILES string of the molecule is Cc1cc(-c2cnc(N3CCCC3)nc2C2CCN(Cc3nccn3C)CC2)on1. The van der Waals surface area contributed by atoms with Gasteiger partial charge in [0.25, 0.3) is 0 Å². The number of rotatable bonds is 5. The van der Waals surface area contributed by atoms with E-state index in [0.29, 0.717) is 5.92 Å². The second-order valence-electron chi connectivity index (χ2n) is 8.50. The number of piperidine rings is 1. The van der Waals surface area contributed by atoms with Crippen LogP contribution in [0.5, 0.6) is 0 Å². The fourth-order valence-electron chi connectivity index (χ4n) is 4.56. The Hall–Kier alpha value is -2.74. The van der Waals surface area contributed by atoms with Crippen LogP contribution in [0.25, 0.3) is 11.3 Å². The molecule has 3 aromatic heterocycles. The molecule has 0 amide bonds. The van der Waals surface area contributed by atoms with Gasteiger partial charge in [0.1, 0.15) is 5.82 Å². The van der Waals surface area contributed by atoms with Crippen molar-refractivity contribution < 1.29 is 4.52 Å². The largest absolute Gasteiger partial charge is 0.356 e. The number of hydrogen-bond donors (Lipinski definition) is 0. The summed E-state index contributed by atoms with van der Waals surface area (Å²) in [6.07, 6.45) is 10.4. The van der Waals surface area contributed by atoms with Crippen molar-refractivity contribution in [1.82, 2.24) is 29.6 Å². The summed E-state index contributed by atoms with van der Waals surface area (Å²) in [5.74, 6) is 3.14. The van der Waals surface area contributed by atoms with Gasteiger partial charge in [0, 0.05) is 50.7 Å². The van der Waals surface area contributed by atoms with Crippen molar-refractivity contribution in [3.8, 4) is 11.3 Å². The first-order valence-electron chi connectivity index (χ1n) is 10.9. The first kappa shape index (κ1) is 19.2. The van der Waals surface area contributed by atoms with Crippen LogP contribution in [0.15, 0.2) is 29.2 Å². The average molecular weight is 408 g/mol. The van der Waals surface area contributed by atoms with Crippen LogP contribution in [0, 0.1) is 6.92 Å². The number of hydrogen-bond acceptors (Lipinski definition) is 7. The molecule has 5 heterocycles. The van der Waals surface area contributed by atoms with E-state index >= 15 is 0 Å². The number of imidazole rings is 1. The summed E-state index contributed by atoms with van der Waals surface area (Å²) < 4.78 is 7.69. The Morgan fingerprint density at radius 3 is 2.57 bits per heavy atom. The van der Waals surface area contributed by atoms with Crippen molar-refractivity contribution in [2.75, 3.05) is 31.1 Å².